The molecule has 4 rings (SSSR count). The molecule has 3 aromatic rings. The van der Waals surface area contributed by atoms with E-state index < -0.39 is 5.82 Å². The van der Waals surface area contributed by atoms with Crippen LogP contribution in [0.4, 0.5) is 20.3 Å². The maximum absolute atomic E-state index is 14.1. The van der Waals surface area contributed by atoms with Gasteiger partial charge in [-0.2, -0.15) is 0 Å². The number of halogens is 1. The maximum atomic E-state index is 14.1. The number of anilines is 3. The summed E-state index contributed by atoms with van der Waals surface area (Å²) >= 11 is 2.57. The first-order valence-corrected chi connectivity index (χ1v) is 10.5. The minimum absolute atomic E-state index is 0.130. The van der Waals surface area contributed by atoms with Crippen molar-refractivity contribution in [3.8, 4) is 0 Å². The van der Waals surface area contributed by atoms with Gasteiger partial charge in [-0.1, -0.05) is 23.5 Å². The number of nitrogens with one attached hydrogen (secondary N) is 1. The van der Waals surface area contributed by atoms with Crippen molar-refractivity contribution in [1.29, 1.82) is 0 Å². The number of benzene rings is 1. The van der Waals surface area contributed by atoms with E-state index in [1.54, 1.807) is 17.5 Å². The minimum Gasteiger partial charge on any atom is -0.297 e. The van der Waals surface area contributed by atoms with Crippen molar-refractivity contribution in [3.63, 3.8) is 0 Å². The monoisotopic (exact) mass is 429 g/mol. The lowest BCUT2D eigenvalue weighted by atomic mass is 10.3. The van der Waals surface area contributed by atoms with Gasteiger partial charge in [-0.25, -0.2) is 9.37 Å². The Morgan fingerprint density at radius 2 is 2.07 bits per heavy atom. The molecule has 1 aliphatic carbocycles. The Morgan fingerprint density at radius 3 is 2.79 bits per heavy atom. The summed E-state index contributed by atoms with van der Waals surface area (Å²) in [7, 11) is 0. The van der Waals surface area contributed by atoms with E-state index in [1.807, 2.05) is 0 Å². The van der Waals surface area contributed by atoms with Crippen LogP contribution in [-0.2, 0) is 9.59 Å². The van der Waals surface area contributed by atoms with Gasteiger partial charge in [0.15, 0.2) is 5.13 Å². The van der Waals surface area contributed by atoms with Crippen LogP contribution in [0.2, 0.25) is 0 Å². The van der Waals surface area contributed by atoms with E-state index in [4.69, 9.17) is 0 Å². The zero-order valence-electron chi connectivity index (χ0n) is 15.3. The number of rotatable bonds is 6. The highest BCUT2D eigenvalue weighted by Gasteiger charge is 2.27. The number of carbonyl (C=O) groups excluding carboxylic acids is 2. The largest absolute Gasteiger partial charge is 0.297 e. The number of amides is 2. The Labute approximate surface area is 173 Å². The number of thiazole rings is 1. The second kappa shape index (κ2) is 8.18. The zero-order valence-corrected chi connectivity index (χ0v) is 17.0. The first-order chi connectivity index (χ1) is 14.0. The molecule has 1 saturated carbocycles. The predicted molar refractivity (Wildman–Crippen MR) is 111 cm³/mol. The van der Waals surface area contributed by atoms with Crippen LogP contribution in [-0.4, -0.2) is 27.0 Å². The summed E-state index contributed by atoms with van der Waals surface area (Å²) in [5.41, 5.74) is 0.615. The first kappa shape index (κ1) is 19.3. The summed E-state index contributed by atoms with van der Waals surface area (Å²) in [6, 6.07) is 6.00. The van der Waals surface area contributed by atoms with Gasteiger partial charge in [0.05, 0.1) is 11.4 Å². The van der Waals surface area contributed by atoms with E-state index in [0.29, 0.717) is 21.9 Å². The van der Waals surface area contributed by atoms with E-state index >= 15 is 0 Å². The molecule has 148 valence electrons. The number of para-hydroxylation sites is 1. The highest BCUT2D eigenvalue weighted by molar-refractivity contribution is 7.15. The highest BCUT2D eigenvalue weighted by atomic mass is 32.1. The SMILES string of the molecule is CC(=O)N(c1nc(/C=C/C(=O)Nc2nnc(C3CC3)s2)cs1)c1ccccc1F. The van der Waals surface area contributed by atoms with Gasteiger partial charge in [0.25, 0.3) is 0 Å². The van der Waals surface area contributed by atoms with Gasteiger partial charge < -0.3 is 0 Å². The molecule has 0 aliphatic heterocycles. The topological polar surface area (TPSA) is 88.1 Å². The van der Waals surface area contributed by atoms with Gasteiger partial charge in [-0.3, -0.25) is 19.8 Å². The quantitative estimate of drug-likeness (QED) is 0.589. The molecular weight excluding hydrogens is 413 g/mol. The number of nitrogens with zero attached hydrogens (tertiary/aromatic N) is 4. The van der Waals surface area contributed by atoms with Crippen LogP contribution in [0.5, 0.6) is 0 Å². The molecule has 1 aromatic carbocycles. The van der Waals surface area contributed by atoms with Gasteiger partial charge in [-0.15, -0.1) is 21.5 Å². The lowest BCUT2D eigenvalue weighted by Gasteiger charge is -2.18. The van der Waals surface area contributed by atoms with Crippen LogP contribution in [0, 0.1) is 5.82 Å². The molecule has 0 unspecified atom stereocenters. The minimum atomic E-state index is -0.517. The normalized spacial score (nSPS) is 13.6. The molecule has 2 amide bonds. The van der Waals surface area contributed by atoms with E-state index in [2.05, 4.69) is 20.5 Å². The smallest absolute Gasteiger partial charge is 0.250 e. The molecule has 0 atom stereocenters. The predicted octanol–water partition coefficient (Wildman–Crippen LogP) is 4.35. The molecule has 7 nitrogen and oxygen atoms in total. The summed E-state index contributed by atoms with van der Waals surface area (Å²) in [5, 5.41) is 14.1. The number of hydrogen-bond donors (Lipinski definition) is 1. The maximum Gasteiger partial charge on any atom is 0.250 e. The Morgan fingerprint density at radius 1 is 1.28 bits per heavy atom. The van der Waals surface area contributed by atoms with Crippen molar-refractivity contribution in [2.24, 2.45) is 0 Å². The van der Waals surface area contributed by atoms with Crippen molar-refractivity contribution in [3.05, 3.63) is 52.2 Å². The van der Waals surface area contributed by atoms with Gasteiger partial charge in [0.1, 0.15) is 10.8 Å². The highest BCUT2D eigenvalue weighted by Crippen LogP contribution is 2.42. The van der Waals surface area contributed by atoms with Crippen molar-refractivity contribution in [2.45, 2.75) is 25.7 Å². The summed E-state index contributed by atoms with van der Waals surface area (Å²) < 4.78 is 14.1. The molecule has 1 N–H and O–H groups in total. The molecule has 10 heteroatoms. The summed E-state index contributed by atoms with van der Waals surface area (Å²) in [5.74, 6) is -0.742. The molecule has 2 heterocycles. The fourth-order valence-electron chi connectivity index (χ4n) is 2.58. The lowest BCUT2D eigenvalue weighted by molar-refractivity contribution is -0.116. The van der Waals surface area contributed by atoms with Crippen LogP contribution in [0.15, 0.2) is 35.7 Å². The average molecular weight is 430 g/mol. The van der Waals surface area contributed by atoms with Gasteiger partial charge in [0.2, 0.25) is 16.9 Å². The fraction of sp³-hybridized carbons (Fsp3) is 0.211. The van der Waals surface area contributed by atoms with E-state index in [0.717, 1.165) is 17.8 Å². The van der Waals surface area contributed by atoms with Crippen molar-refractivity contribution < 1.29 is 14.0 Å². The Kier molecular flexibility index (Phi) is 5.45. The third-order valence-corrected chi connectivity index (χ3v) is 5.96. The molecule has 0 radical (unpaired) electrons. The molecule has 29 heavy (non-hydrogen) atoms. The zero-order chi connectivity index (χ0) is 20.4. The summed E-state index contributed by atoms with van der Waals surface area (Å²) in [4.78, 5) is 29.7. The van der Waals surface area contributed by atoms with Crippen molar-refractivity contribution >= 4 is 56.5 Å². The summed E-state index contributed by atoms with van der Waals surface area (Å²) in [6.45, 7) is 1.34. The third kappa shape index (κ3) is 4.54. The Hall–Kier alpha value is -2.98. The van der Waals surface area contributed by atoms with Crippen LogP contribution in [0.25, 0.3) is 6.08 Å². The van der Waals surface area contributed by atoms with Crippen LogP contribution in [0.3, 0.4) is 0 Å². The average Bonchev–Trinajstić information content (AvgIpc) is 3.26. The third-order valence-electron chi connectivity index (χ3n) is 4.11. The van der Waals surface area contributed by atoms with Gasteiger partial charge >= 0.3 is 0 Å². The molecular formula is C19H16FN5O2S2. The Balaban J connectivity index is 1.45. The van der Waals surface area contributed by atoms with E-state index in [9.17, 15) is 14.0 Å². The van der Waals surface area contributed by atoms with Gasteiger partial charge in [0, 0.05) is 24.3 Å². The lowest BCUT2D eigenvalue weighted by Crippen LogP contribution is -2.23. The molecule has 0 spiro atoms. The molecule has 2 aromatic heterocycles. The van der Waals surface area contributed by atoms with Crippen LogP contribution >= 0.6 is 22.7 Å². The standard InChI is InChI=1S/C19H16FN5O2S2/c1-11(26)25(15-5-3-2-4-14(15)20)19-21-13(10-28-19)8-9-16(27)22-18-24-23-17(29-18)12-6-7-12/h2-5,8-10,12H,6-7H2,1H3,(H,22,24,27)/b9-8+. The number of aromatic nitrogens is 3. The first-order valence-electron chi connectivity index (χ1n) is 8.84. The van der Waals surface area contributed by atoms with Crippen molar-refractivity contribution in [2.75, 3.05) is 10.2 Å². The molecule has 0 saturated heterocycles. The fourth-order valence-corrected chi connectivity index (χ4v) is 4.35. The molecule has 0 bridgehead atoms. The van der Waals surface area contributed by atoms with Gasteiger partial charge in [-0.05, 0) is 31.1 Å². The summed E-state index contributed by atoms with van der Waals surface area (Å²) in [6.07, 6.45) is 5.10. The molecule has 1 aliphatic rings. The van der Waals surface area contributed by atoms with Crippen molar-refractivity contribution in [1.82, 2.24) is 15.2 Å². The molecule has 1 fully saturated rings. The number of hydrogen-bond acceptors (Lipinski definition) is 7. The van der Waals surface area contributed by atoms with E-state index in [1.165, 1.54) is 58.8 Å². The second-order valence-corrected chi connectivity index (χ2v) is 8.25. The Bertz CT molecular complexity index is 1090. The van der Waals surface area contributed by atoms with Crippen LogP contribution < -0.4 is 10.2 Å². The number of carbonyl (C=O) groups is 2. The van der Waals surface area contributed by atoms with Crippen LogP contribution in [0.1, 0.15) is 36.4 Å². The second-order valence-electron chi connectivity index (χ2n) is 6.40. The van der Waals surface area contributed by atoms with E-state index in [-0.39, 0.29) is 17.5 Å².